The number of pyridine rings is 2. The molecule has 0 spiro atoms. The second-order valence-corrected chi connectivity index (χ2v) is 35.8. The zero-order valence-corrected chi connectivity index (χ0v) is 72.5. The zero-order chi connectivity index (χ0) is 83.7. The summed E-state index contributed by atoms with van der Waals surface area (Å²) in [6.07, 6.45) is 20.8. The number of fused-ring (bicyclic) bond motifs is 8. The zero-order valence-electron chi connectivity index (χ0n) is 69.9. The number of aromatic nitrogens is 2. The van der Waals surface area contributed by atoms with E-state index in [2.05, 4.69) is 87.7 Å². The molecule has 8 aliphatic rings. The van der Waals surface area contributed by atoms with Gasteiger partial charge in [0.05, 0.1) is 120 Å². The van der Waals surface area contributed by atoms with Crippen molar-refractivity contribution in [3.05, 3.63) is 164 Å². The van der Waals surface area contributed by atoms with Crippen LogP contribution in [0.15, 0.2) is 139 Å². The van der Waals surface area contributed by atoms with E-state index in [9.17, 15) is 19.2 Å². The first-order chi connectivity index (χ1) is 56.8. The second-order valence-electron chi connectivity index (χ2n) is 31.5. The summed E-state index contributed by atoms with van der Waals surface area (Å²) in [6, 6.07) is 20.8. The topological polar surface area (TPSA) is 255 Å². The minimum Gasteiger partial charge on any atom is -0.493 e. The van der Waals surface area contributed by atoms with Gasteiger partial charge in [0.15, 0.2) is 46.0 Å². The summed E-state index contributed by atoms with van der Waals surface area (Å²) in [6.45, 7) is 23.2. The van der Waals surface area contributed by atoms with E-state index in [-0.39, 0.29) is 83.7 Å². The maximum absolute atomic E-state index is 13.7. The van der Waals surface area contributed by atoms with E-state index in [0.29, 0.717) is 171 Å². The molecule has 8 aliphatic heterocycles. The van der Waals surface area contributed by atoms with Crippen LogP contribution in [0.25, 0.3) is 0 Å². The summed E-state index contributed by atoms with van der Waals surface area (Å²) in [7, 11) is 14.0. The van der Waals surface area contributed by atoms with E-state index in [4.69, 9.17) is 77.3 Å². The molecule has 29 heteroatoms. The highest BCUT2D eigenvalue weighted by molar-refractivity contribution is 8.77. The summed E-state index contributed by atoms with van der Waals surface area (Å²) in [5.74, 6) is 4.24. The number of aliphatic imine (C=N–C) groups is 4. The van der Waals surface area contributed by atoms with Crippen molar-refractivity contribution in [3.63, 3.8) is 0 Å². The van der Waals surface area contributed by atoms with Crippen molar-refractivity contribution >= 4 is 105 Å². The lowest BCUT2D eigenvalue weighted by Crippen LogP contribution is -2.35. The van der Waals surface area contributed by atoms with Crippen molar-refractivity contribution in [3.8, 4) is 57.5 Å². The maximum Gasteiger partial charge on any atom is 0.257 e. The van der Waals surface area contributed by atoms with Gasteiger partial charge >= 0.3 is 0 Å². The molecule has 6 aromatic rings. The van der Waals surface area contributed by atoms with Crippen molar-refractivity contribution in [2.45, 2.75) is 141 Å². The Kier molecular flexibility index (Phi) is 27.4. The molecule has 4 fully saturated rings. The lowest BCUT2D eigenvalue weighted by atomic mass is 10.1. The predicted molar refractivity (Wildman–Crippen MR) is 467 cm³/mol. The quantitative estimate of drug-likeness (QED) is 0.0250. The first-order valence-corrected chi connectivity index (χ1v) is 42.7. The Morgan fingerprint density at radius 1 is 0.415 bits per heavy atom. The van der Waals surface area contributed by atoms with Gasteiger partial charge < -0.3 is 76.8 Å². The molecule has 0 bridgehead atoms. The first kappa shape index (κ1) is 85.5. The number of ether oxygens (including phenoxy) is 10. The van der Waals surface area contributed by atoms with Crippen molar-refractivity contribution in [2.24, 2.45) is 20.0 Å². The average Bonchev–Trinajstić information content (AvgIpc) is 1.63. The number of thiol groups is 1. The van der Waals surface area contributed by atoms with Gasteiger partial charge in [0.1, 0.15) is 51.1 Å². The summed E-state index contributed by atoms with van der Waals surface area (Å²) in [5.41, 5.74) is 11.2. The molecule has 14 rings (SSSR count). The number of likely N-dealkylation sites (N-methyl/N-ethyl adjacent to an activating group) is 2. The number of carbonyl (C=O) groups is 4. The number of amides is 4. The number of hydrogen-bond donors (Lipinski definition) is 1. The Bertz CT molecular complexity index is 4780. The molecule has 0 N–H and O–H groups in total. The molecule has 10 heterocycles. The van der Waals surface area contributed by atoms with E-state index < -0.39 is 0 Å². The molecule has 2 aromatic heterocycles. The van der Waals surface area contributed by atoms with Gasteiger partial charge in [0.25, 0.3) is 23.6 Å². The lowest BCUT2D eigenvalue weighted by molar-refractivity contribution is 0.0769. The summed E-state index contributed by atoms with van der Waals surface area (Å²) in [5, 5.41) is 0. The van der Waals surface area contributed by atoms with Crippen LogP contribution in [0.3, 0.4) is 0 Å². The molecule has 4 atom stereocenters. The molecule has 624 valence electrons. The summed E-state index contributed by atoms with van der Waals surface area (Å²) in [4.78, 5) is 95.0. The average molecular weight is 1660 g/mol. The van der Waals surface area contributed by atoms with Gasteiger partial charge in [-0.2, -0.15) is 12.6 Å². The Balaban J connectivity index is 0.000000205. The highest BCUT2D eigenvalue weighted by Gasteiger charge is 2.40. The van der Waals surface area contributed by atoms with E-state index in [1.165, 1.54) is 22.3 Å². The highest BCUT2D eigenvalue weighted by Crippen LogP contribution is 2.45. The normalized spacial score (nSPS) is 19.7. The largest absolute Gasteiger partial charge is 0.493 e. The van der Waals surface area contributed by atoms with Gasteiger partial charge in [0, 0.05) is 135 Å². The predicted octanol–water partition coefficient (Wildman–Crippen LogP) is 15.1. The first-order valence-electron chi connectivity index (χ1n) is 39.7. The Morgan fingerprint density at radius 3 is 0.932 bits per heavy atom. The van der Waals surface area contributed by atoms with Gasteiger partial charge in [-0.1, -0.05) is 68.2 Å². The van der Waals surface area contributed by atoms with Crippen LogP contribution >= 0.6 is 34.2 Å². The smallest absolute Gasteiger partial charge is 0.257 e. The van der Waals surface area contributed by atoms with Crippen LogP contribution in [0.4, 0.5) is 22.7 Å². The molecule has 4 amide bonds. The SMILES string of the molecule is C/C=C1\C[C@H]2C=Nc3cc(OCc4cc(OCCN(C)CC(C)(C)S)cc(COc5cc6c(cc5OC)C(=O)N5C/C(=C/C)C[C@H]5C=N6)n4)c(OC)cc3C(=O)N2C1.C/C=C1\C[C@H]2C=Nc3cc(OCc4cc(OCCN(C)CC(C)(C)SSC)cc(COc5cc6c(cc5OC)C(=O)N5C/C(=C/C)C[C@H]5C=N6)n4)c(OC)cc3C(=O)N2C1. The Hall–Kier alpha value is -10.3. The van der Waals surface area contributed by atoms with Crippen LogP contribution < -0.4 is 47.4 Å². The minimum absolute atomic E-state index is 0.0652. The summed E-state index contributed by atoms with van der Waals surface area (Å²) < 4.78 is 60.8. The van der Waals surface area contributed by atoms with Crippen molar-refractivity contribution in [2.75, 3.05) is 114 Å². The number of hydrogen-bond acceptors (Lipinski definition) is 25. The third kappa shape index (κ3) is 20.2. The Labute approximate surface area is 704 Å². The Morgan fingerprint density at radius 2 is 0.686 bits per heavy atom. The standard InChI is InChI=1S/C45H54N6O7S2.C44H52N6O7S/c1-9-28-13-32-21-46-37-19-41(39(54-6)17-35(37)43(52)50(32)23-28)57-25-30-15-34(56-12-11-49(5)27-45(3,4)60-59-8)16-31(48-30)26-58-42-20-38-36(18-40(42)55-7)44(53)51-24-29(10-2)14-33(51)22-47-38;1-8-27-12-31-20-45-36-18-40(38(53-6)16-34(36)42(51)49(31)22-27)56-24-29-14-33(55-11-10-48(5)26-44(3,4)58)15-30(47-29)25-57-41-19-37-35(17-39(41)54-7)43(52)50-23-28(9-2)13-32(50)21-46-37/h9-10,15-22,32-33H,11-14,23-27H2,1-8H3;8-9,14-21,31-32,58H,10-13,22-26H2,1-7H3/b28-9+,29-10+;27-8+,28-9+/t32-,33-;31-,32-/m00/s1. The monoisotopic (exact) mass is 1660 g/mol. The van der Waals surface area contributed by atoms with Crippen molar-refractivity contribution < 1.29 is 66.5 Å². The van der Waals surface area contributed by atoms with Gasteiger partial charge in [-0.3, -0.25) is 49.1 Å². The van der Waals surface area contributed by atoms with Crippen molar-refractivity contribution in [1.82, 2.24) is 39.4 Å². The van der Waals surface area contributed by atoms with Gasteiger partial charge in [-0.15, -0.1) is 0 Å². The van der Waals surface area contributed by atoms with Crippen LogP contribution in [0.5, 0.6) is 57.5 Å². The van der Waals surface area contributed by atoms with Crippen LogP contribution in [0, 0.1) is 0 Å². The van der Waals surface area contributed by atoms with Crippen molar-refractivity contribution in [1.29, 1.82) is 0 Å². The third-order valence-electron chi connectivity index (χ3n) is 21.7. The van der Waals surface area contributed by atoms with Gasteiger partial charge in [-0.25, -0.2) is 0 Å². The number of rotatable bonds is 30. The van der Waals surface area contributed by atoms with Crippen LogP contribution in [-0.2, 0) is 26.4 Å². The highest BCUT2D eigenvalue weighted by atomic mass is 33.1. The fourth-order valence-corrected chi connectivity index (χ4v) is 18.2. The van der Waals surface area contributed by atoms with Crippen LogP contribution in [0.1, 0.15) is 145 Å². The fraction of sp³-hybridized carbons (Fsp3) is 0.438. The molecule has 4 aromatic carbocycles. The fourth-order valence-electron chi connectivity index (χ4n) is 15.7. The van der Waals surface area contributed by atoms with E-state index in [1.807, 2.05) is 114 Å². The van der Waals surface area contributed by atoms with E-state index in [1.54, 1.807) is 87.8 Å². The molecule has 26 nitrogen and oxygen atoms in total. The summed E-state index contributed by atoms with van der Waals surface area (Å²) >= 11 is 4.67. The van der Waals surface area contributed by atoms with Gasteiger partial charge in [-0.05, 0) is 126 Å². The van der Waals surface area contributed by atoms with E-state index >= 15 is 0 Å². The van der Waals surface area contributed by atoms with Gasteiger partial charge in [0.2, 0.25) is 0 Å². The third-order valence-corrected chi connectivity index (χ3v) is 24.4. The molecular weight excluding hydrogens is 1560 g/mol. The molecule has 0 aliphatic carbocycles. The molecule has 118 heavy (non-hydrogen) atoms. The lowest BCUT2D eigenvalue weighted by Gasteiger charge is -2.28. The maximum atomic E-state index is 13.7. The molecule has 0 saturated carbocycles. The molecule has 4 saturated heterocycles. The molecule has 0 unspecified atom stereocenters. The minimum atomic E-state index is -0.148. The molecule has 0 radical (unpaired) electrons. The number of nitrogens with zero attached hydrogens (tertiary/aromatic N) is 12. The molecular formula is C89H106N12O14S3. The van der Waals surface area contributed by atoms with Crippen LogP contribution in [0.2, 0.25) is 0 Å². The van der Waals surface area contributed by atoms with Crippen LogP contribution in [-0.4, -0.2) is 236 Å². The second kappa shape index (κ2) is 37.7. The van der Waals surface area contributed by atoms with E-state index in [0.717, 1.165) is 45.3 Å². The number of allylic oxidation sites excluding steroid dienone is 4. The number of methoxy groups -OCH3 is 4. The number of benzene rings is 4. The number of carbonyl (C=O) groups excluding carboxylic acids is 4.